The second-order valence-corrected chi connectivity index (χ2v) is 19.1. The molecule has 2 saturated heterocycles. The van der Waals surface area contributed by atoms with Crippen molar-refractivity contribution in [2.75, 3.05) is 132 Å². The number of amides is 2. The van der Waals surface area contributed by atoms with E-state index in [0.29, 0.717) is 85.4 Å². The van der Waals surface area contributed by atoms with Crippen LogP contribution in [-0.2, 0) is 53.8 Å². The summed E-state index contributed by atoms with van der Waals surface area (Å²) < 4.78 is 37.2. The van der Waals surface area contributed by atoms with E-state index in [-0.39, 0.29) is 86.1 Å². The van der Waals surface area contributed by atoms with Gasteiger partial charge in [-0.05, 0) is 33.4 Å². The summed E-state index contributed by atoms with van der Waals surface area (Å²) in [5.41, 5.74) is 6.11. The van der Waals surface area contributed by atoms with Crippen LogP contribution in [0.2, 0.25) is 0 Å². The normalized spacial score (nSPS) is 13.7. The Hall–Kier alpha value is -7.48. The molecule has 0 aliphatic carbocycles. The molecule has 6 aromatic rings. The van der Waals surface area contributed by atoms with Crippen molar-refractivity contribution in [3.05, 3.63) is 215 Å². The molecular formula is C66H84N4O13. The van der Waals surface area contributed by atoms with E-state index in [9.17, 15) is 19.2 Å². The maximum absolute atomic E-state index is 12.8. The summed E-state index contributed by atoms with van der Waals surface area (Å²) in [6, 6.07) is 63.4. The quantitative estimate of drug-likeness (QED) is 0.0205. The second kappa shape index (κ2) is 36.2. The molecule has 0 atom stereocenters. The molecule has 0 aromatic heterocycles. The largest absolute Gasteiger partial charge is 0.481 e. The highest BCUT2D eigenvalue weighted by Gasteiger charge is 2.45. The molecule has 0 unspecified atom stereocenters. The number of ether oxygens (including phenoxy) is 7. The fourth-order valence-electron chi connectivity index (χ4n) is 10.4. The molecule has 2 heterocycles. The first kappa shape index (κ1) is 66.3. The molecule has 17 nitrogen and oxygen atoms in total. The van der Waals surface area contributed by atoms with Crippen molar-refractivity contribution in [3.63, 3.8) is 0 Å². The number of carboxylic acid groups (broad SMARTS) is 1. The van der Waals surface area contributed by atoms with Gasteiger partial charge in [0, 0.05) is 52.4 Å². The molecule has 0 bridgehead atoms. The number of aliphatic hydroxyl groups is 1. The molecule has 2 amide bonds. The second-order valence-electron chi connectivity index (χ2n) is 19.1. The highest BCUT2D eigenvalue weighted by atomic mass is 16.6. The van der Waals surface area contributed by atoms with Gasteiger partial charge in [0.25, 0.3) is 0 Å². The highest BCUT2D eigenvalue weighted by molar-refractivity contribution is 5.76. The molecular weight excluding hydrogens is 1060 g/mol. The van der Waals surface area contributed by atoms with Crippen LogP contribution in [0.4, 0.5) is 9.59 Å². The van der Waals surface area contributed by atoms with Crippen LogP contribution in [0.3, 0.4) is 0 Å². The van der Waals surface area contributed by atoms with Crippen LogP contribution in [0, 0.1) is 0 Å². The van der Waals surface area contributed by atoms with Gasteiger partial charge in [-0.15, -0.1) is 0 Å². The van der Waals surface area contributed by atoms with Crippen LogP contribution in [0.15, 0.2) is 182 Å². The van der Waals surface area contributed by atoms with Crippen LogP contribution < -0.4 is 0 Å². The van der Waals surface area contributed by atoms with Crippen molar-refractivity contribution in [1.82, 2.24) is 19.6 Å². The lowest BCUT2D eigenvalue weighted by atomic mass is 9.75. The summed E-state index contributed by atoms with van der Waals surface area (Å²) in [5.74, 6) is -1.62. The molecule has 83 heavy (non-hydrogen) atoms. The third-order valence-electron chi connectivity index (χ3n) is 14.1. The Balaban J connectivity index is 0.000000301. The van der Waals surface area contributed by atoms with Gasteiger partial charge in [0.1, 0.15) is 19.8 Å². The predicted molar refractivity (Wildman–Crippen MR) is 319 cm³/mol. The average molecular weight is 1140 g/mol. The zero-order chi connectivity index (χ0) is 56.8. The number of aliphatic hydroxyl groups excluding tert-OH is 1. The van der Waals surface area contributed by atoms with Gasteiger partial charge in [-0.1, -0.05) is 197 Å². The van der Waals surface area contributed by atoms with Gasteiger partial charge in [0.2, 0.25) is 0 Å². The number of rotatable bonds is 28. The smallest absolute Gasteiger partial charge is 0.409 e. The molecule has 6 aromatic carbocycles. The van der Waals surface area contributed by atoms with Crippen LogP contribution in [0.5, 0.6) is 0 Å². The topological polar surface area (TPSA) is 186 Å². The standard InChI is InChI=1S/C34H40N2O8.C30H36N2O5.2CH4/c37-31(38)16-17-32(39)43-26-24-41-22-23-42-25-27-44-33(40)35-18-20-36(21-19-35)34(28-10-4-1-5-11-28,29-12-6-2-7-13-29)30-14-8-3-9-15-30;33-20-21-35-22-23-36-24-25-37-29(34)31-16-18-32(19-17-31)30(26-10-4-1-5-11-26,27-12-6-2-7-13-27)28-14-8-3-9-15-28;;/h1-15H,16-27H2,(H,37,38);1-15,33H,16-25H2;2*1H4. The van der Waals surface area contributed by atoms with Crippen LogP contribution in [-0.4, -0.2) is 186 Å². The van der Waals surface area contributed by atoms with E-state index in [1.165, 1.54) is 33.4 Å². The maximum Gasteiger partial charge on any atom is 0.409 e. The molecule has 0 spiro atoms. The Morgan fingerprint density at radius 1 is 0.349 bits per heavy atom. The number of benzene rings is 6. The zero-order valence-electron chi connectivity index (χ0n) is 46.1. The molecule has 0 radical (unpaired) electrons. The Morgan fingerprint density at radius 2 is 0.602 bits per heavy atom. The van der Waals surface area contributed by atoms with Crippen molar-refractivity contribution in [1.29, 1.82) is 0 Å². The van der Waals surface area contributed by atoms with Crippen LogP contribution >= 0.6 is 0 Å². The van der Waals surface area contributed by atoms with Gasteiger partial charge < -0.3 is 53.2 Å². The van der Waals surface area contributed by atoms with Gasteiger partial charge in [-0.2, -0.15) is 0 Å². The highest BCUT2D eigenvalue weighted by Crippen LogP contribution is 2.44. The monoisotopic (exact) mass is 1140 g/mol. The van der Waals surface area contributed by atoms with Gasteiger partial charge in [0.15, 0.2) is 0 Å². The Bertz CT molecular complexity index is 2540. The third kappa shape index (κ3) is 18.8. The van der Waals surface area contributed by atoms with Crippen molar-refractivity contribution in [2.45, 2.75) is 38.8 Å². The van der Waals surface area contributed by atoms with Crippen molar-refractivity contribution < 1.29 is 62.5 Å². The summed E-state index contributed by atoms with van der Waals surface area (Å²) in [6.07, 6.45) is -1.10. The van der Waals surface area contributed by atoms with E-state index >= 15 is 0 Å². The average Bonchev–Trinajstić information content (AvgIpc) is 2.73. The number of aliphatic carboxylic acids is 1. The SMILES string of the molecule is C.C.O=C(O)CCC(=O)OCCOCCOCCOC(=O)N1CCN(C(c2ccccc2)(c2ccccc2)c2ccccc2)CC1.O=C(OCCOCCOCCO)N1CCN(C(c2ccccc2)(c2ccccc2)c2ccccc2)CC1. The van der Waals surface area contributed by atoms with Crippen LogP contribution in [0.1, 0.15) is 61.1 Å². The third-order valence-corrected chi connectivity index (χ3v) is 14.1. The number of nitrogens with zero attached hydrogens (tertiary/aromatic N) is 4. The van der Waals surface area contributed by atoms with Gasteiger partial charge in [-0.3, -0.25) is 19.4 Å². The van der Waals surface area contributed by atoms with E-state index < -0.39 is 23.0 Å². The first-order chi connectivity index (χ1) is 39.8. The minimum absolute atomic E-state index is 0. The van der Waals surface area contributed by atoms with E-state index in [1.54, 1.807) is 9.80 Å². The van der Waals surface area contributed by atoms with Gasteiger partial charge in [-0.25, -0.2) is 9.59 Å². The molecule has 2 N–H and O–H groups in total. The summed E-state index contributed by atoms with van der Waals surface area (Å²) in [6.45, 7) is 7.71. The number of piperazine rings is 2. The van der Waals surface area contributed by atoms with E-state index in [4.69, 9.17) is 43.4 Å². The van der Waals surface area contributed by atoms with Gasteiger partial charge >= 0.3 is 24.1 Å². The lowest BCUT2D eigenvalue weighted by molar-refractivity contribution is -0.149. The fourth-order valence-corrected chi connectivity index (χ4v) is 10.4. The van der Waals surface area contributed by atoms with E-state index in [1.807, 2.05) is 36.4 Å². The maximum atomic E-state index is 12.8. The van der Waals surface area contributed by atoms with E-state index in [0.717, 1.165) is 0 Å². The van der Waals surface area contributed by atoms with Crippen molar-refractivity contribution in [2.24, 2.45) is 0 Å². The summed E-state index contributed by atoms with van der Waals surface area (Å²) >= 11 is 0. The van der Waals surface area contributed by atoms with Crippen molar-refractivity contribution in [3.8, 4) is 0 Å². The molecule has 2 aliphatic rings. The number of esters is 1. The number of carbonyl (C=O) groups is 4. The molecule has 2 fully saturated rings. The molecule has 17 heteroatoms. The fraction of sp³-hybridized carbons (Fsp3) is 0.394. The number of carbonyl (C=O) groups excluding carboxylic acids is 3. The lowest BCUT2D eigenvalue weighted by Gasteiger charge is -2.48. The van der Waals surface area contributed by atoms with Crippen molar-refractivity contribution >= 4 is 24.1 Å². The molecule has 2 aliphatic heterocycles. The summed E-state index contributed by atoms with van der Waals surface area (Å²) in [7, 11) is 0. The first-order valence-corrected chi connectivity index (χ1v) is 27.7. The predicted octanol–water partition coefficient (Wildman–Crippen LogP) is 9.20. The summed E-state index contributed by atoms with van der Waals surface area (Å²) in [4.78, 5) is 55.8. The number of carboxylic acids is 1. The number of hydrogen-bond donors (Lipinski definition) is 2. The Labute approximate surface area is 490 Å². The van der Waals surface area contributed by atoms with Gasteiger partial charge in [0.05, 0.1) is 83.4 Å². The molecule has 446 valence electrons. The Morgan fingerprint density at radius 3 is 0.867 bits per heavy atom. The molecule has 0 saturated carbocycles. The first-order valence-electron chi connectivity index (χ1n) is 27.7. The van der Waals surface area contributed by atoms with Crippen LogP contribution in [0.25, 0.3) is 0 Å². The van der Waals surface area contributed by atoms with E-state index in [2.05, 4.69) is 155 Å². The Kier molecular flexibility index (Phi) is 28.9. The summed E-state index contributed by atoms with van der Waals surface area (Å²) in [5, 5.41) is 17.3. The minimum Gasteiger partial charge on any atom is -0.481 e. The minimum atomic E-state index is -1.05. The number of hydrogen-bond acceptors (Lipinski definition) is 14. The zero-order valence-corrected chi connectivity index (χ0v) is 46.1. The lowest BCUT2D eigenvalue weighted by Crippen LogP contribution is -2.57. The molecule has 8 rings (SSSR count).